The van der Waals surface area contributed by atoms with Crippen LogP contribution in [0.3, 0.4) is 0 Å². The summed E-state index contributed by atoms with van der Waals surface area (Å²) in [6, 6.07) is 10.2. The van der Waals surface area contributed by atoms with E-state index in [0.29, 0.717) is 35.4 Å². The first-order chi connectivity index (χ1) is 13.8. The first-order valence-electron chi connectivity index (χ1n) is 8.89. The number of hydrogen-bond acceptors (Lipinski definition) is 5. The van der Waals surface area contributed by atoms with E-state index in [4.69, 9.17) is 21.7 Å². The van der Waals surface area contributed by atoms with Crippen molar-refractivity contribution in [1.82, 2.24) is 9.21 Å². The van der Waals surface area contributed by atoms with Crippen molar-refractivity contribution in [1.29, 1.82) is 0 Å². The highest BCUT2D eigenvalue weighted by Crippen LogP contribution is 2.29. The summed E-state index contributed by atoms with van der Waals surface area (Å²) in [5.41, 5.74) is 0.665. The van der Waals surface area contributed by atoms with Crippen LogP contribution in [-0.4, -0.2) is 63.1 Å². The summed E-state index contributed by atoms with van der Waals surface area (Å²) in [7, 11) is -0.528. The summed E-state index contributed by atoms with van der Waals surface area (Å²) >= 11 is 5.49. The maximum absolute atomic E-state index is 13.1. The van der Waals surface area contributed by atoms with Gasteiger partial charge in [0.1, 0.15) is 17.3 Å². The standard InChI is InChI=1S/C19H22FN3O4S2/c1-26-15-5-8-18(27-2)17(13-15)21-19(28)22-9-11-23(12-10-22)29(24,25)16-6-3-14(20)4-7-16/h3-8,13H,9-12H2,1-2H3,(H,21,28). The minimum Gasteiger partial charge on any atom is -0.497 e. The molecule has 2 aromatic carbocycles. The zero-order valence-corrected chi connectivity index (χ0v) is 17.7. The summed E-state index contributed by atoms with van der Waals surface area (Å²) in [4.78, 5) is 1.97. The average molecular weight is 440 g/mol. The Balaban J connectivity index is 1.65. The van der Waals surface area contributed by atoms with Gasteiger partial charge in [-0.15, -0.1) is 0 Å². The second-order valence-corrected chi connectivity index (χ2v) is 8.67. The van der Waals surface area contributed by atoms with Crippen molar-refractivity contribution in [3.8, 4) is 11.5 Å². The maximum Gasteiger partial charge on any atom is 0.243 e. The lowest BCUT2D eigenvalue weighted by molar-refractivity contribution is 0.268. The molecule has 0 aliphatic carbocycles. The number of anilines is 1. The normalized spacial score (nSPS) is 15.1. The molecule has 0 unspecified atom stereocenters. The van der Waals surface area contributed by atoms with Gasteiger partial charge in [-0.1, -0.05) is 0 Å². The molecule has 3 rings (SSSR count). The largest absolute Gasteiger partial charge is 0.497 e. The van der Waals surface area contributed by atoms with Gasteiger partial charge in [-0.2, -0.15) is 4.31 Å². The number of nitrogens with one attached hydrogen (secondary N) is 1. The van der Waals surface area contributed by atoms with Crippen molar-refractivity contribution in [2.45, 2.75) is 4.90 Å². The number of methoxy groups -OCH3 is 2. The third-order valence-electron chi connectivity index (χ3n) is 4.63. The molecule has 1 aliphatic heterocycles. The van der Waals surface area contributed by atoms with Crippen molar-refractivity contribution in [2.75, 3.05) is 45.7 Å². The summed E-state index contributed by atoms with van der Waals surface area (Å²) in [5.74, 6) is 0.801. The number of benzene rings is 2. The minimum absolute atomic E-state index is 0.0779. The van der Waals surface area contributed by atoms with E-state index in [2.05, 4.69) is 5.32 Å². The Morgan fingerprint density at radius 2 is 1.69 bits per heavy atom. The topological polar surface area (TPSA) is 71.1 Å². The van der Waals surface area contributed by atoms with Gasteiger partial charge >= 0.3 is 0 Å². The molecule has 1 fully saturated rings. The van der Waals surface area contributed by atoms with E-state index in [0.717, 1.165) is 12.1 Å². The molecule has 0 saturated carbocycles. The third-order valence-corrected chi connectivity index (χ3v) is 6.90. The molecular formula is C19H22FN3O4S2. The molecule has 0 amide bonds. The molecule has 156 valence electrons. The molecule has 0 radical (unpaired) electrons. The van der Waals surface area contributed by atoms with Gasteiger partial charge in [-0.3, -0.25) is 0 Å². The minimum atomic E-state index is -3.67. The number of sulfonamides is 1. The smallest absolute Gasteiger partial charge is 0.243 e. The predicted octanol–water partition coefficient (Wildman–Crippen LogP) is 2.55. The van der Waals surface area contributed by atoms with Crippen molar-refractivity contribution in [3.05, 3.63) is 48.3 Å². The van der Waals surface area contributed by atoms with Gasteiger partial charge < -0.3 is 19.7 Å². The quantitative estimate of drug-likeness (QED) is 0.718. The van der Waals surface area contributed by atoms with Crippen molar-refractivity contribution in [3.63, 3.8) is 0 Å². The Bertz CT molecular complexity index is 975. The van der Waals surface area contributed by atoms with Crippen LogP contribution in [0.5, 0.6) is 11.5 Å². The number of hydrogen-bond donors (Lipinski definition) is 1. The molecule has 10 heteroatoms. The Hall–Kier alpha value is -2.43. The monoisotopic (exact) mass is 439 g/mol. The SMILES string of the molecule is COc1ccc(OC)c(NC(=S)N2CCN(S(=O)(=O)c3ccc(F)cc3)CC2)c1. The number of rotatable bonds is 5. The number of thiocarbonyl (C=S) groups is 1. The lowest BCUT2D eigenvalue weighted by atomic mass is 10.2. The molecule has 0 spiro atoms. The van der Waals surface area contributed by atoms with Gasteiger partial charge in [0.15, 0.2) is 5.11 Å². The van der Waals surface area contributed by atoms with E-state index >= 15 is 0 Å². The molecular weight excluding hydrogens is 417 g/mol. The molecule has 1 aliphatic rings. The molecule has 7 nitrogen and oxygen atoms in total. The highest BCUT2D eigenvalue weighted by atomic mass is 32.2. The van der Waals surface area contributed by atoms with Gasteiger partial charge in [0.2, 0.25) is 10.0 Å². The first kappa shape index (κ1) is 21.3. The number of nitrogens with zero attached hydrogens (tertiary/aromatic N) is 2. The Labute approximate surface area is 175 Å². The van der Waals surface area contributed by atoms with E-state index in [1.165, 1.54) is 16.4 Å². The summed E-state index contributed by atoms with van der Waals surface area (Å²) in [6.07, 6.45) is 0. The zero-order valence-electron chi connectivity index (χ0n) is 16.1. The van der Waals surface area contributed by atoms with Crippen LogP contribution in [0.25, 0.3) is 0 Å². The Kier molecular flexibility index (Phi) is 6.56. The van der Waals surface area contributed by atoms with Crippen LogP contribution in [0, 0.1) is 5.82 Å². The van der Waals surface area contributed by atoms with Gasteiger partial charge in [0.25, 0.3) is 0 Å². The van der Waals surface area contributed by atoms with Gasteiger partial charge in [-0.25, -0.2) is 12.8 Å². The van der Waals surface area contributed by atoms with E-state index < -0.39 is 15.8 Å². The summed E-state index contributed by atoms with van der Waals surface area (Å²) in [5, 5.41) is 3.61. The molecule has 0 atom stereocenters. The molecule has 0 bridgehead atoms. The van der Waals surface area contributed by atoms with Crippen molar-refractivity contribution in [2.24, 2.45) is 0 Å². The van der Waals surface area contributed by atoms with Crippen LogP contribution in [-0.2, 0) is 10.0 Å². The molecule has 1 heterocycles. The third kappa shape index (κ3) is 4.77. The zero-order chi connectivity index (χ0) is 21.0. The van der Waals surface area contributed by atoms with E-state index in [1.807, 2.05) is 4.90 Å². The molecule has 1 saturated heterocycles. The molecule has 1 N–H and O–H groups in total. The van der Waals surface area contributed by atoms with Crippen LogP contribution >= 0.6 is 12.2 Å². The first-order valence-corrected chi connectivity index (χ1v) is 10.7. The molecule has 0 aromatic heterocycles. The van der Waals surface area contributed by atoms with Crippen LogP contribution in [0.15, 0.2) is 47.4 Å². The average Bonchev–Trinajstić information content (AvgIpc) is 2.74. The highest BCUT2D eigenvalue weighted by molar-refractivity contribution is 7.89. The van der Waals surface area contributed by atoms with Gasteiger partial charge in [0.05, 0.1) is 24.8 Å². The number of piperazine rings is 1. The Morgan fingerprint density at radius 1 is 1.03 bits per heavy atom. The van der Waals surface area contributed by atoms with E-state index in [1.54, 1.807) is 32.4 Å². The van der Waals surface area contributed by atoms with Crippen molar-refractivity contribution >= 4 is 33.0 Å². The lowest BCUT2D eigenvalue weighted by Crippen LogP contribution is -2.51. The number of halogens is 1. The van der Waals surface area contributed by atoms with Gasteiger partial charge in [-0.05, 0) is 48.6 Å². The van der Waals surface area contributed by atoms with Crippen LogP contribution in [0.4, 0.5) is 10.1 Å². The van der Waals surface area contributed by atoms with E-state index in [9.17, 15) is 12.8 Å². The van der Waals surface area contributed by atoms with Gasteiger partial charge in [0, 0.05) is 32.2 Å². The van der Waals surface area contributed by atoms with Crippen LogP contribution in [0.2, 0.25) is 0 Å². The van der Waals surface area contributed by atoms with E-state index in [-0.39, 0.29) is 18.0 Å². The molecule has 29 heavy (non-hydrogen) atoms. The van der Waals surface area contributed by atoms with Crippen LogP contribution < -0.4 is 14.8 Å². The second-order valence-electron chi connectivity index (χ2n) is 6.34. The summed E-state index contributed by atoms with van der Waals surface area (Å²) < 4.78 is 50.5. The fourth-order valence-corrected chi connectivity index (χ4v) is 4.71. The fraction of sp³-hybridized carbons (Fsp3) is 0.316. The highest BCUT2D eigenvalue weighted by Gasteiger charge is 2.29. The maximum atomic E-state index is 13.1. The molecule has 2 aromatic rings. The second kappa shape index (κ2) is 8.93. The number of ether oxygens (including phenoxy) is 2. The van der Waals surface area contributed by atoms with Crippen LogP contribution in [0.1, 0.15) is 0 Å². The lowest BCUT2D eigenvalue weighted by Gasteiger charge is -2.35. The Morgan fingerprint density at radius 3 is 2.28 bits per heavy atom. The van der Waals surface area contributed by atoms with Crippen molar-refractivity contribution < 1.29 is 22.3 Å². The predicted molar refractivity (Wildman–Crippen MR) is 112 cm³/mol. The summed E-state index contributed by atoms with van der Waals surface area (Å²) in [6.45, 7) is 1.41. The fourth-order valence-electron chi connectivity index (χ4n) is 2.99.